The third-order valence-corrected chi connectivity index (χ3v) is 6.50. The van der Waals surface area contributed by atoms with E-state index in [2.05, 4.69) is 27.7 Å². The van der Waals surface area contributed by atoms with Gasteiger partial charge in [-0.15, -0.1) is 0 Å². The highest BCUT2D eigenvalue weighted by molar-refractivity contribution is 5.57. The van der Waals surface area contributed by atoms with Gasteiger partial charge in [0.05, 0.1) is 0 Å². The van der Waals surface area contributed by atoms with E-state index < -0.39 is 0 Å². The zero-order valence-corrected chi connectivity index (χ0v) is 15.7. The lowest BCUT2D eigenvalue weighted by Crippen LogP contribution is -2.16. The summed E-state index contributed by atoms with van der Waals surface area (Å²) >= 11 is 0. The van der Waals surface area contributed by atoms with Crippen LogP contribution in [0.5, 0.6) is 23.0 Å². The maximum atomic E-state index is 10.1. The van der Waals surface area contributed by atoms with Gasteiger partial charge in [0, 0.05) is 0 Å². The maximum absolute atomic E-state index is 10.1. The van der Waals surface area contributed by atoms with Crippen LogP contribution in [0.4, 0.5) is 0 Å². The molecule has 4 nitrogen and oxygen atoms in total. The van der Waals surface area contributed by atoms with Gasteiger partial charge in [0.1, 0.15) is 0 Å². The van der Waals surface area contributed by atoms with E-state index in [9.17, 15) is 20.4 Å². The molecule has 0 fully saturated rings. The second-order valence-corrected chi connectivity index (χ2v) is 9.25. The van der Waals surface area contributed by atoms with Gasteiger partial charge in [0.25, 0.3) is 0 Å². The van der Waals surface area contributed by atoms with Gasteiger partial charge in [-0.2, -0.15) is 0 Å². The number of phenols is 4. The van der Waals surface area contributed by atoms with Crippen molar-refractivity contribution < 1.29 is 20.4 Å². The van der Waals surface area contributed by atoms with Crippen molar-refractivity contribution in [3.05, 3.63) is 46.5 Å². The number of hydrogen-bond donors (Lipinski definition) is 4. The van der Waals surface area contributed by atoms with Gasteiger partial charge in [-0.25, -0.2) is 0 Å². The molecule has 0 bridgehead atoms. The normalized spacial score (nSPS) is 25.1. The minimum absolute atomic E-state index is 0.0767. The predicted molar refractivity (Wildman–Crippen MR) is 100 cm³/mol. The summed E-state index contributed by atoms with van der Waals surface area (Å²) in [6.45, 7) is 8.66. The molecule has 2 aliphatic rings. The van der Waals surface area contributed by atoms with Crippen molar-refractivity contribution in [3.8, 4) is 23.0 Å². The monoisotopic (exact) mass is 354 g/mol. The average molecular weight is 354 g/mol. The van der Waals surface area contributed by atoms with Gasteiger partial charge >= 0.3 is 0 Å². The second kappa shape index (κ2) is 5.09. The second-order valence-electron chi connectivity index (χ2n) is 9.25. The first-order chi connectivity index (χ1) is 12.0. The van der Waals surface area contributed by atoms with Crippen molar-refractivity contribution in [1.29, 1.82) is 0 Å². The Hall–Kier alpha value is -2.36. The minimum Gasteiger partial charge on any atom is -0.504 e. The summed E-state index contributed by atoms with van der Waals surface area (Å²) in [5.41, 5.74) is 4.10. The molecule has 2 unspecified atom stereocenters. The van der Waals surface area contributed by atoms with E-state index in [-0.39, 0.29) is 45.7 Å². The van der Waals surface area contributed by atoms with Gasteiger partial charge < -0.3 is 20.4 Å². The van der Waals surface area contributed by atoms with Crippen molar-refractivity contribution in [1.82, 2.24) is 0 Å². The molecule has 4 N–H and O–H groups in total. The number of aromatic hydroxyl groups is 4. The first kappa shape index (κ1) is 17.1. The Morgan fingerprint density at radius 3 is 1.27 bits per heavy atom. The highest BCUT2D eigenvalue weighted by Crippen LogP contribution is 2.60. The number of rotatable bonds is 1. The van der Waals surface area contributed by atoms with Crippen LogP contribution in [0.3, 0.4) is 0 Å². The van der Waals surface area contributed by atoms with Crippen LogP contribution in [0.2, 0.25) is 0 Å². The molecule has 2 aromatic rings. The quantitative estimate of drug-likeness (QED) is 0.558. The van der Waals surface area contributed by atoms with Crippen molar-refractivity contribution in [2.24, 2.45) is 0 Å². The Kier molecular flexibility index (Phi) is 3.34. The molecular formula is C22H26O4. The van der Waals surface area contributed by atoms with E-state index in [1.165, 1.54) is 0 Å². The van der Waals surface area contributed by atoms with Crippen LogP contribution in [-0.4, -0.2) is 20.4 Å². The largest absolute Gasteiger partial charge is 0.504 e. The molecule has 2 aromatic carbocycles. The minimum atomic E-state index is -0.100. The van der Waals surface area contributed by atoms with Crippen LogP contribution in [-0.2, 0) is 10.8 Å². The molecule has 4 rings (SSSR count). The SMILES string of the molecule is CC1(C)CC(C2CC(C)(C)c3cc(O)c(O)cc32)c2cc(O)c(O)cc21. The number of hydrogen-bond acceptors (Lipinski definition) is 4. The van der Waals surface area contributed by atoms with Gasteiger partial charge in [0.2, 0.25) is 0 Å². The van der Waals surface area contributed by atoms with Crippen LogP contribution >= 0.6 is 0 Å². The fourth-order valence-electron chi connectivity index (χ4n) is 5.23. The highest BCUT2D eigenvalue weighted by atomic mass is 16.3. The Labute approximate surface area is 153 Å². The van der Waals surface area contributed by atoms with Crippen LogP contribution in [0.1, 0.15) is 74.6 Å². The lowest BCUT2D eigenvalue weighted by atomic mass is 9.79. The lowest BCUT2D eigenvalue weighted by molar-refractivity contribution is 0.389. The molecule has 0 amide bonds. The summed E-state index contributed by atoms with van der Waals surface area (Å²) < 4.78 is 0. The smallest absolute Gasteiger partial charge is 0.157 e. The first-order valence-corrected chi connectivity index (χ1v) is 9.14. The van der Waals surface area contributed by atoms with Crippen molar-refractivity contribution in [2.45, 2.75) is 63.2 Å². The van der Waals surface area contributed by atoms with E-state index in [0.29, 0.717) is 0 Å². The number of phenolic OH excluding ortho intramolecular Hbond substituents is 4. The molecule has 0 saturated carbocycles. The molecule has 0 heterocycles. The Morgan fingerprint density at radius 1 is 0.615 bits per heavy atom. The molecular weight excluding hydrogens is 328 g/mol. The molecule has 2 atom stereocenters. The molecule has 138 valence electrons. The van der Waals surface area contributed by atoms with Gasteiger partial charge in [-0.05, 0) is 82.0 Å². The van der Waals surface area contributed by atoms with Crippen LogP contribution in [0.15, 0.2) is 24.3 Å². The summed E-state index contributed by atoms with van der Waals surface area (Å²) in [5, 5.41) is 40.1. The third-order valence-electron chi connectivity index (χ3n) is 6.50. The Bertz CT molecular complexity index is 835. The van der Waals surface area contributed by atoms with Crippen LogP contribution < -0.4 is 0 Å². The molecule has 0 saturated heterocycles. The van der Waals surface area contributed by atoms with E-state index in [0.717, 1.165) is 35.1 Å². The highest BCUT2D eigenvalue weighted by Gasteiger charge is 2.47. The number of fused-ring (bicyclic) bond motifs is 2. The Balaban J connectivity index is 1.87. The lowest BCUT2D eigenvalue weighted by Gasteiger charge is -2.25. The molecule has 2 aliphatic carbocycles. The summed E-state index contributed by atoms with van der Waals surface area (Å²) in [7, 11) is 0. The molecule has 0 aromatic heterocycles. The number of benzene rings is 2. The fraction of sp³-hybridized carbons (Fsp3) is 0.455. The zero-order chi connectivity index (χ0) is 19.0. The molecule has 0 spiro atoms. The summed E-state index contributed by atoms with van der Waals surface area (Å²) in [6.07, 6.45) is 1.82. The van der Waals surface area contributed by atoms with Crippen LogP contribution in [0.25, 0.3) is 0 Å². The van der Waals surface area contributed by atoms with E-state index >= 15 is 0 Å². The predicted octanol–water partition coefficient (Wildman–Crippen LogP) is 4.74. The molecule has 0 radical (unpaired) electrons. The van der Waals surface area contributed by atoms with Gasteiger partial charge in [-0.3, -0.25) is 0 Å². The Morgan fingerprint density at radius 2 is 0.923 bits per heavy atom. The van der Waals surface area contributed by atoms with Gasteiger partial charge in [-0.1, -0.05) is 27.7 Å². The van der Waals surface area contributed by atoms with Crippen molar-refractivity contribution in [2.75, 3.05) is 0 Å². The zero-order valence-electron chi connectivity index (χ0n) is 15.7. The van der Waals surface area contributed by atoms with Crippen LogP contribution in [0, 0.1) is 0 Å². The molecule has 0 aliphatic heterocycles. The third kappa shape index (κ3) is 2.28. The average Bonchev–Trinajstić information content (AvgIpc) is 2.93. The molecule has 4 heteroatoms. The van der Waals surface area contributed by atoms with Gasteiger partial charge in [0.15, 0.2) is 23.0 Å². The van der Waals surface area contributed by atoms with Crippen molar-refractivity contribution in [3.63, 3.8) is 0 Å². The fourth-order valence-corrected chi connectivity index (χ4v) is 5.23. The van der Waals surface area contributed by atoms with E-state index in [4.69, 9.17) is 0 Å². The maximum Gasteiger partial charge on any atom is 0.157 e. The molecule has 26 heavy (non-hydrogen) atoms. The van der Waals surface area contributed by atoms with Crippen molar-refractivity contribution >= 4 is 0 Å². The van der Waals surface area contributed by atoms with E-state index in [1.54, 1.807) is 24.3 Å². The summed E-state index contributed by atoms with van der Waals surface area (Å²) in [5.74, 6) is 0.0568. The standard InChI is InChI=1S/C22H26O4/c1-21(2)9-13(11-5-17(23)19(25)7-15(11)21)14-10-22(3,4)16-8-20(26)18(24)6-12(14)16/h5-8,13-14,23-26H,9-10H2,1-4H3. The first-order valence-electron chi connectivity index (χ1n) is 9.14. The summed E-state index contributed by atoms with van der Waals surface area (Å²) in [4.78, 5) is 0. The topological polar surface area (TPSA) is 80.9 Å². The summed E-state index contributed by atoms with van der Waals surface area (Å²) in [6, 6.07) is 6.80. The van der Waals surface area contributed by atoms with E-state index in [1.807, 2.05) is 0 Å².